The van der Waals surface area contributed by atoms with Gasteiger partial charge in [-0.05, 0) is 60.8 Å². The lowest BCUT2D eigenvalue weighted by Gasteiger charge is -2.08. The number of nitrogens with two attached hydrogens (primary N) is 2. The van der Waals surface area contributed by atoms with E-state index >= 15 is 0 Å². The van der Waals surface area contributed by atoms with Gasteiger partial charge >= 0.3 is 0 Å². The van der Waals surface area contributed by atoms with E-state index in [1.54, 1.807) is 0 Å². The summed E-state index contributed by atoms with van der Waals surface area (Å²) in [5.74, 6) is 0. The summed E-state index contributed by atoms with van der Waals surface area (Å²) in [5, 5.41) is 0. The highest BCUT2D eigenvalue weighted by Gasteiger charge is 2.06. The first-order valence-corrected chi connectivity index (χ1v) is 5.78. The minimum absolute atomic E-state index is 0.838. The Bertz CT molecular complexity index is 534. The van der Waals surface area contributed by atoms with Crippen LogP contribution in [0.1, 0.15) is 24.5 Å². The third-order valence-electron chi connectivity index (χ3n) is 3.12. The molecule has 0 amide bonds. The second kappa shape index (κ2) is 4.50. The van der Waals surface area contributed by atoms with Gasteiger partial charge in [-0.3, -0.25) is 0 Å². The Labute approximate surface area is 102 Å². The molecule has 0 aromatic heterocycles. The van der Waals surface area contributed by atoms with E-state index in [0.29, 0.717) is 0 Å². The summed E-state index contributed by atoms with van der Waals surface area (Å²) in [4.78, 5) is 0. The molecule has 2 rings (SSSR count). The van der Waals surface area contributed by atoms with E-state index in [0.717, 1.165) is 28.9 Å². The summed E-state index contributed by atoms with van der Waals surface area (Å²) in [5.41, 5.74) is 18.1. The smallest absolute Gasteiger partial charge is 0.0344 e. The minimum atomic E-state index is 0.838. The number of hydrogen-bond donors (Lipinski definition) is 2. The van der Waals surface area contributed by atoms with Gasteiger partial charge in [0, 0.05) is 11.4 Å². The molecular weight excluding hydrogens is 208 g/mol. The maximum Gasteiger partial charge on any atom is 0.0344 e. The summed E-state index contributed by atoms with van der Waals surface area (Å²) < 4.78 is 0. The summed E-state index contributed by atoms with van der Waals surface area (Å²) in [6, 6.07) is 6.16. The molecule has 0 saturated heterocycles. The Balaban J connectivity index is 2.44. The number of hydrogen-bond acceptors (Lipinski definition) is 2. The molecule has 17 heavy (non-hydrogen) atoms. The first-order valence-electron chi connectivity index (χ1n) is 5.78. The molecule has 0 atom stereocenters. The van der Waals surface area contributed by atoms with Gasteiger partial charge in [-0.2, -0.15) is 0 Å². The molecule has 0 spiro atoms. The van der Waals surface area contributed by atoms with Crippen LogP contribution in [0.4, 0.5) is 5.69 Å². The minimum Gasteiger partial charge on any atom is -0.399 e. The van der Waals surface area contributed by atoms with Gasteiger partial charge in [0.15, 0.2) is 0 Å². The standard InChI is InChI=1S/C15H18N2/c1-10-8-12(4-3-5-14(10)16)13-6-7-15(17)11(2)9-13/h3,5-9H,4,16-17H2,1-2H3. The van der Waals surface area contributed by atoms with E-state index in [1.807, 2.05) is 26.0 Å². The van der Waals surface area contributed by atoms with Crippen molar-refractivity contribution in [3.63, 3.8) is 0 Å². The Morgan fingerprint density at radius 1 is 1.12 bits per heavy atom. The fraction of sp³-hybridized carbons (Fsp3) is 0.200. The molecule has 0 bridgehead atoms. The van der Waals surface area contributed by atoms with Crippen LogP contribution in [0, 0.1) is 6.92 Å². The number of benzene rings is 1. The van der Waals surface area contributed by atoms with E-state index in [9.17, 15) is 0 Å². The highest BCUT2D eigenvalue weighted by Crippen LogP contribution is 2.26. The normalized spacial score (nSPS) is 15.8. The van der Waals surface area contributed by atoms with Gasteiger partial charge < -0.3 is 11.5 Å². The van der Waals surface area contributed by atoms with Crippen LogP contribution in [0.2, 0.25) is 0 Å². The molecule has 1 aromatic rings. The van der Waals surface area contributed by atoms with E-state index in [-0.39, 0.29) is 0 Å². The topological polar surface area (TPSA) is 52.0 Å². The highest BCUT2D eigenvalue weighted by atomic mass is 14.6. The Hall–Kier alpha value is -1.96. The number of rotatable bonds is 1. The highest BCUT2D eigenvalue weighted by molar-refractivity contribution is 5.72. The lowest BCUT2D eigenvalue weighted by atomic mass is 9.99. The largest absolute Gasteiger partial charge is 0.399 e. The zero-order valence-corrected chi connectivity index (χ0v) is 10.3. The number of nitrogen functional groups attached to an aromatic ring is 1. The molecule has 1 aliphatic rings. The molecule has 0 unspecified atom stereocenters. The molecule has 4 N–H and O–H groups in total. The van der Waals surface area contributed by atoms with Crippen LogP contribution in [0.3, 0.4) is 0 Å². The van der Waals surface area contributed by atoms with Crippen LogP contribution in [0.5, 0.6) is 0 Å². The van der Waals surface area contributed by atoms with Gasteiger partial charge in [0.2, 0.25) is 0 Å². The van der Waals surface area contributed by atoms with Crippen LogP contribution in [-0.4, -0.2) is 0 Å². The van der Waals surface area contributed by atoms with Gasteiger partial charge in [-0.15, -0.1) is 0 Å². The average Bonchev–Trinajstić information content (AvgIpc) is 2.46. The molecule has 0 saturated carbocycles. The maximum absolute atomic E-state index is 5.90. The molecular formula is C15H18N2. The molecule has 0 heterocycles. The van der Waals surface area contributed by atoms with Crippen LogP contribution in [0.25, 0.3) is 5.57 Å². The van der Waals surface area contributed by atoms with Gasteiger partial charge in [0.05, 0.1) is 0 Å². The second-order valence-corrected chi connectivity index (χ2v) is 4.49. The van der Waals surface area contributed by atoms with Crippen molar-refractivity contribution in [2.24, 2.45) is 5.73 Å². The Morgan fingerprint density at radius 2 is 1.88 bits per heavy atom. The summed E-state index contributed by atoms with van der Waals surface area (Å²) in [7, 11) is 0. The fourth-order valence-electron chi connectivity index (χ4n) is 1.92. The Morgan fingerprint density at radius 3 is 2.59 bits per heavy atom. The molecule has 1 aliphatic carbocycles. The predicted molar refractivity (Wildman–Crippen MR) is 74.2 cm³/mol. The molecule has 0 fully saturated rings. The SMILES string of the molecule is CC1=C(N)C=CCC(c2ccc(N)c(C)c2)=C1. The van der Waals surface area contributed by atoms with E-state index < -0.39 is 0 Å². The van der Waals surface area contributed by atoms with E-state index in [4.69, 9.17) is 11.5 Å². The predicted octanol–water partition coefficient (Wildman–Crippen LogP) is 3.15. The molecule has 2 nitrogen and oxygen atoms in total. The van der Waals surface area contributed by atoms with Crippen molar-refractivity contribution >= 4 is 11.3 Å². The van der Waals surface area contributed by atoms with Crippen molar-refractivity contribution in [1.29, 1.82) is 0 Å². The van der Waals surface area contributed by atoms with Crippen molar-refractivity contribution in [3.05, 3.63) is 58.8 Å². The van der Waals surface area contributed by atoms with Crippen molar-refractivity contribution < 1.29 is 0 Å². The third kappa shape index (κ3) is 2.41. The van der Waals surface area contributed by atoms with E-state index in [2.05, 4.69) is 24.3 Å². The van der Waals surface area contributed by atoms with Crippen molar-refractivity contribution in [2.45, 2.75) is 20.3 Å². The average molecular weight is 226 g/mol. The quantitative estimate of drug-likeness (QED) is 0.723. The van der Waals surface area contributed by atoms with Gasteiger partial charge in [-0.1, -0.05) is 18.2 Å². The number of aryl methyl sites for hydroxylation is 1. The van der Waals surface area contributed by atoms with Gasteiger partial charge in [0.25, 0.3) is 0 Å². The van der Waals surface area contributed by atoms with Crippen LogP contribution in [-0.2, 0) is 0 Å². The number of allylic oxidation sites excluding steroid dienone is 5. The zero-order chi connectivity index (χ0) is 12.4. The van der Waals surface area contributed by atoms with E-state index in [1.165, 1.54) is 11.1 Å². The van der Waals surface area contributed by atoms with Gasteiger partial charge in [-0.25, -0.2) is 0 Å². The van der Waals surface area contributed by atoms with Crippen LogP contribution in [0.15, 0.2) is 47.7 Å². The van der Waals surface area contributed by atoms with Crippen molar-refractivity contribution in [3.8, 4) is 0 Å². The first kappa shape index (κ1) is 11.5. The summed E-state index contributed by atoms with van der Waals surface area (Å²) in [6.07, 6.45) is 7.13. The maximum atomic E-state index is 5.90. The van der Waals surface area contributed by atoms with Crippen molar-refractivity contribution in [1.82, 2.24) is 0 Å². The van der Waals surface area contributed by atoms with Crippen LogP contribution >= 0.6 is 0 Å². The van der Waals surface area contributed by atoms with Crippen molar-refractivity contribution in [2.75, 3.05) is 5.73 Å². The number of anilines is 1. The zero-order valence-electron chi connectivity index (χ0n) is 10.3. The molecule has 1 aromatic carbocycles. The fourth-order valence-corrected chi connectivity index (χ4v) is 1.92. The first-order chi connectivity index (χ1) is 8.08. The molecule has 88 valence electrons. The lowest BCUT2D eigenvalue weighted by Crippen LogP contribution is -1.95. The lowest BCUT2D eigenvalue weighted by molar-refractivity contribution is 1.33. The Kier molecular flexibility index (Phi) is 3.05. The third-order valence-corrected chi connectivity index (χ3v) is 3.12. The monoisotopic (exact) mass is 226 g/mol. The molecule has 2 heteroatoms. The molecule has 0 aliphatic heterocycles. The van der Waals surface area contributed by atoms with Gasteiger partial charge in [0.1, 0.15) is 0 Å². The van der Waals surface area contributed by atoms with Crippen LogP contribution < -0.4 is 11.5 Å². The summed E-state index contributed by atoms with van der Waals surface area (Å²) >= 11 is 0. The summed E-state index contributed by atoms with van der Waals surface area (Å²) in [6.45, 7) is 4.07. The molecule has 0 radical (unpaired) electrons. The second-order valence-electron chi connectivity index (χ2n) is 4.49.